The van der Waals surface area contributed by atoms with E-state index in [0.717, 1.165) is 38.8 Å². The van der Waals surface area contributed by atoms with Crippen LogP contribution in [0.2, 0.25) is 0 Å². The van der Waals surface area contributed by atoms with Crippen LogP contribution in [0.25, 0.3) is 0 Å². The number of allylic oxidation sites excluding steroid dienone is 2. The Morgan fingerprint density at radius 3 is 2.26 bits per heavy atom. The number of carbonyl (C=O) groups excluding carboxylic acids is 3. The number of fused-ring (bicyclic) bond motifs is 3. The first-order valence-corrected chi connectivity index (χ1v) is 15.2. The van der Waals surface area contributed by atoms with Crippen molar-refractivity contribution in [3.63, 3.8) is 0 Å². The molecule has 1 aromatic rings. The molecule has 0 aliphatic heterocycles. The number of hydrogen-bond acceptors (Lipinski definition) is 8. The minimum Gasteiger partial charge on any atom is -0.511 e. The molecule has 42 heavy (non-hydrogen) atoms. The Morgan fingerprint density at radius 1 is 1.00 bits per heavy atom. The average Bonchev–Trinajstić information content (AvgIpc) is 3.77. The van der Waals surface area contributed by atoms with Crippen LogP contribution in [-0.2, 0) is 22.6 Å². The lowest BCUT2D eigenvalue weighted by molar-refractivity contribution is -0.144. The Balaban J connectivity index is 1.33. The zero-order valence-electron chi connectivity index (χ0n) is 23.7. The smallest absolute Gasteiger partial charge is 0.255 e. The predicted octanol–water partition coefficient (Wildman–Crippen LogP) is 3.90. The Bertz CT molecular complexity index is 1410. The van der Waals surface area contributed by atoms with Gasteiger partial charge >= 0.3 is 0 Å². The standard InChI is InChI=1S/C32H39FN2O7/c33-27-19(15-35(14-17-7-8-17)13-16-5-3-1-2-4-6-16)11-22(36)25-21(27)10-18-9-20-12-23(37)26(31(34)41)30(40)32(20,42)29(39)24(18)28(25)38/h11,16-18,20,36-37,39,42H,1-10,12-15H2,(H2,34,41)/t18?,20-,32-/m0/s1. The number of benzene rings is 1. The molecule has 9 nitrogen and oxygen atoms in total. The molecular weight excluding hydrogens is 543 g/mol. The van der Waals surface area contributed by atoms with Crippen LogP contribution < -0.4 is 5.73 Å². The second-order valence-corrected chi connectivity index (χ2v) is 13.1. The van der Waals surface area contributed by atoms with Gasteiger partial charge in [0.15, 0.2) is 11.4 Å². The second-order valence-electron chi connectivity index (χ2n) is 13.1. The third-order valence-corrected chi connectivity index (χ3v) is 10.2. The van der Waals surface area contributed by atoms with Crippen LogP contribution in [0.3, 0.4) is 0 Å². The number of aliphatic hydroxyl groups is 3. The van der Waals surface area contributed by atoms with Crippen molar-refractivity contribution < 1.29 is 39.2 Å². The molecular formula is C32H39FN2O7. The van der Waals surface area contributed by atoms with Crippen LogP contribution in [0, 0.1) is 29.5 Å². The molecule has 6 N–H and O–H groups in total. The molecule has 0 heterocycles. The normalized spacial score (nSPS) is 28.5. The van der Waals surface area contributed by atoms with Crippen molar-refractivity contribution in [1.29, 1.82) is 0 Å². The molecule has 226 valence electrons. The molecule has 3 atom stereocenters. The first-order chi connectivity index (χ1) is 20.0. The molecule has 0 saturated heterocycles. The fourth-order valence-electron chi connectivity index (χ4n) is 7.86. The van der Waals surface area contributed by atoms with Crippen LogP contribution in [0.4, 0.5) is 4.39 Å². The number of carbonyl (C=O) groups is 3. The summed E-state index contributed by atoms with van der Waals surface area (Å²) in [6.07, 6.45) is 9.19. The van der Waals surface area contributed by atoms with Crippen molar-refractivity contribution in [2.45, 2.75) is 82.8 Å². The second kappa shape index (κ2) is 10.8. The minimum atomic E-state index is -2.63. The van der Waals surface area contributed by atoms with E-state index in [1.165, 1.54) is 31.7 Å². The van der Waals surface area contributed by atoms with Gasteiger partial charge in [-0.2, -0.15) is 0 Å². The molecule has 5 aliphatic rings. The van der Waals surface area contributed by atoms with E-state index in [-0.39, 0.29) is 36.0 Å². The molecule has 2 saturated carbocycles. The van der Waals surface area contributed by atoms with Crippen molar-refractivity contribution in [2.24, 2.45) is 29.4 Å². The third-order valence-electron chi connectivity index (χ3n) is 10.2. The topological polar surface area (TPSA) is 161 Å². The highest BCUT2D eigenvalue weighted by Gasteiger charge is 2.59. The van der Waals surface area contributed by atoms with Gasteiger partial charge in [0.25, 0.3) is 5.91 Å². The summed E-state index contributed by atoms with van der Waals surface area (Å²) in [4.78, 5) is 40.9. The number of Topliss-reactive ketones (excluding diaryl/α,β-unsaturated/α-hetero) is 2. The summed E-state index contributed by atoms with van der Waals surface area (Å²) in [5.41, 5.74) is 1.59. The SMILES string of the molecule is NC(=O)C1=C(O)C[C@@H]2CC3Cc4c(F)c(CN(CC5CCCCCC5)CC5CC5)cc(O)c4C(=O)C3=C(O)[C@]2(O)C1=O. The van der Waals surface area contributed by atoms with Gasteiger partial charge in [0, 0.05) is 48.7 Å². The van der Waals surface area contributed by atoms with E-state index in [0.29, 0.717) is 23.9 Å². The number of hydrogen-bond donors (Lipinski definition) is 5. The number of halogens is 1. The predicted molar refractivity (Wildman–Crippen MR) is 150 cm³/mol. The molecule has 1 aromatic carbocycles. The monoisotopic (exact) mass is 582 g/mol. The van der Waals surface area contributed by atoms with Crippen LogP contribution in [-0.4, -0.2) is 61.5 Å². The van der Waals surface area contributed by atoms with Gasteiger partial charge in [-0.25, -0.2) is 4.39 Å². The van der Waals surface area contributed by atoms with Crippen LogP contribution >= 0.6 is 0 Å². The van der Waals surface area contributed by atoms with Gasteiger partial charge in [-0.05, 0) is 62.3 Å². The van der Waals surface area contributed by atoms with Gasteiger partial charge < -0.3 is 26.2 Å². The Kier molecular flexibility index (Phi) is 7.42. The highest BCUT2D eigenvalue weighted by Crippen LogP contribution is 2.52. The first-order valence-electron chi connectivity index (χ1n) is 15.2. The maximum atomic E-state index is 16.2. The molecule has 5 aliphatic carbocycles. The molecule has 2 fully saturated rings. The lowest BCUT2D eigenvalue weighted by Crippen LogP contribution is -2.57. The van der Waals surface area contributed by atoms with Crippen molar-refractivity contribution in [1.82, 2.24) is 4.90 Å². The molecule has 0 spiro atoms. The maximum Gasteiger partial charge on any atom is 0.255 e. The number of primary amides is 1. The van der Waals surface area contributed by atoms with Gasteiger partial charge in [-0.3, -0.25) is 19.3 Å². The molecule has 0 radical (unpaired) electrons. The molecule has 1 unspecified atom stereocenters. The average molecular weight is 583 g/mol. The van der Waals surface area contributed by atoms with E-state index >= 15 is 4.39 Å². The van der Waals surface area contributed by atoms with Gasteiger partial charge in [0.1, 0.15) is 28.7 Å². The van der Waals surface area contributed by atoms with Crippen molar-refractivity contribution >= 4 is 17.5 Å². The highest BCUT2D eigenvalue weighted by atomic mass is 19.1. The van der Waals surface area contributed by atoms with E-state index in [9.17, 15) is 34.8 Å². The zero-order valence-corrected chi connectivity index (χ0v) is 23.7. The zero-order chi connectivity index (χ0) is 29.9. The summed E-state index contributed by atoms with van der Waals surface area (Å²) in [5, 5.41) is 43.9. The van der Waals surface area contributed by atoms with Gasteiger partial charge in [0.2, 0.25) is 5.78 Å². The van der Waals surface area contributed by atoms with Crippen LogP contribution in [0.15, 0.2) is 28.7 Å². The fraction of sp³-hybridized carbons (Fsp3) is 0.594. The Morgan fingerprint density at radius 2 is 1.64 bits per heavy atom. The van der Waals surface area contributed by atoms with E-state index in [1.54, 1.807) is 0 Å². The number of rotatable bonds is 7. The molecule has 10 heteroatoms. The van der Waals surface area contributed by atoms with Gasteiger partial charge in [-0.15, -0.1) is 0 Å². The number of ketones is 2. The van der Waals surface area contributed by atoms with E-state index in [4.69, 9.17) is 5.73 Å². The molecule has 0 aromatic heterocycles. The van der Waals surface area contributed by atoms with E-state index < -0.39 is 63.6 Å². The number of aromatic hydroxyl groups is 1. The summed E-state index contributed by atoms with van der Waals surface area (Å²) >= 11 is 0. The summed E-state index contributed by atoms with van der Waals surface area (Å²) in [6.45, 7) is 2.06. The molecule has 0 bridgehead atoms. The van der Waals surface area contributed by atoms with E-state index in [1.807, 2.05) is 0 Å². The Hall–Kier alpha value is -3.24. The minimum absolute atomic E-state index is 0.0250. The number of amides is 1. The lowest BCUT2D eigenvalue weighted by Gasteiger charge is -2.45. The highest BCUT2D eigenvalue weighted by molar-refractivity contribution is 6.24. The summed E-state index contributed by atoms with van der Waals surface area (Å²) in [6, 6.07) is 1.29. The van der Waals surface area contributed by atoms with Gasteiger partial charge in [-0.1, -0.05) is 25.7 Å². The number of aliphatic hydroxyl groups excluding tert-OH is 2. The summed E-state index contributed by atoms with van der Waals surface area (Å²) < 4.78 is 16.2. The van der Waals surface area contributed by atoms with Crippen molar-refractivity contribution in [3.8, 4) is 5.75 Å². The maximum absolute atomic E-state index is 16.2. The quantitative estimate of drug-likeness (QED) is 0.239. The first kappa shape index (κ1) is 28.9. The van der Waals surface area contributed by atoms with Crippen molar-refractivity contribution in [3.05, 3.63) is 51.2 Å². The largest absolute Gasteiger partial charge is 0.511 e. The third kappa shape index (κ3) is 4.82. The van der Waals surface area contributed by atoms with E-state index in [2.05, 4.69) is 4.90 Å². The van der Waals surface area contributed by atoms with Crippen LogP contribution in [0.1, 0.15) is 85.7 Å². The number of phenols is 1. The number of nitrogens with zero attached hydrogens (tertiary/aromatic N) is 1. The fourth-order valence-corrected chi connectivity index (χ4v) is 7.86. The molecule has 6 rings (SSSR count). The summed E-state index contributed by atoms with van der Waals surface area (Å²) in [5.74, 6) is -6.55. The Labute approximate surface area is 243 Å². The van der Waals surface area contributed by atoms with Crippen LogP contribution in [0.5, 0.6) is 5.75 Å². The number of nitrogens with two attached hydrogens (primary N) is 1. The van der Waals surface area contributed by atoms with Crippen molar-refractivity contribution in [2.75, 3.05) is 13.1 Å². The molecule has 1 amide bonds. The lowest BCUT2D eigenvalue weighted by atomic mass is 9.60. The number of phenolic OH excluding ortho intramolecular Hbond substituents is 1. The summed E-state index contributed by atoms with van der Waals surface area (Å²) in [7, 11) is 0. The van der Waals surface area contributed by atoms with Gasteiger partial charge in [0.05, 0.1) is 5.56 Å².